The number of piperidine rings is 1. The number of fused-ring (bicyclic) bond motifs is 3. The molecule has 5 rings (SSSR count). The summed E-state index contributed by atoms with van der Waals surface area (Å²) in [5.74, 6) is -0.0141. The third kappa shape index (κ3) is 3.02. The molecule has 7 heteroatoms. The summed E-state index contributed by atoms with van der Waals surface area (Å²) in [5.41, 5.74) is 2.65. The van der Waals surface area contributed by atoms with Crippen LogP contribution in [0.1, 0.15) is 23.2 Å². The summed E-state index contributed by atoms with van der Waals surface area (Å²) in [4.78, 5) is 13.1. The van der Waals surface area contributed by atoms with Gasteiger partial charge in [-0.2, -0.15) is 5.10 Å². The summed E-state index contributed by atoms with van der Waals surface area (Å²) in [6, 6.07) is 8.84. The Hall–Kier alpha value is -2.64. The first-order valence-corrected chi connectivity index (χ1v) is 9.41. The minimum atomic E-state index is -0.0141. The number of ether oxygens (including phenoxy) is 1. The van der Waals surface area contributed by atoms with Gasteiger partial charge in [0, 0.05) is 43.0 Å². The lowest BCUT2D eigenvalue weighted by Crippen LogP contribution is -2.58. The quantitative estimate of drug-likeness (QED) is 0.740. The van der Waals surface area contributed by atoms with Gasteiger partial charge in [-0.05, 0) is 18.9 Å². The lowest BCUT2D eigenvalue weighted by atomic mass is 9.92. The molecule has 7 nitrogen and oxygen atoms in total. The summed E-state index contributed by atoms with van der Waals surface area (Å²) < 4.78 is 9.39. The molecule has 0 radical (unpaired) electrons. The van der Waals surface area contributed by atoms with E-state index in [0.717, 1.165) is 42.6 Å². The highest BCUT2D eigenvalue weighted by Crippen LogP contribution is 2.26. The zero-order chi connectivity index (χ0) is 18.4. The zero-order valence-electron chi connectivity index (χ0n) is 15.3. The van der Waals surface area contributed by atoms with Gasteiger partial charge in [0.25, 0.3) is 5.91 Å². The van der Waals surface area contributed by atoms with Gasteiger partial charge in [0.1, 0.15) is 0 Å². The van der Waals surface area contributed by atoms with Crippen LogP contribution in [-0.2, 0) is 11.8 Å². The third-order valence-corrected chi connectivity index (χ3v) is 5.51. The topological polar surface area (TPSA) is 73.1 Å². The smallest absolute Gasteiger partial charge is 0.253 e. The molecule has 3 atom stereocenters. The van der Waals surface area contributed by atoms with Crippen LogP contribution in [0.15, 0.2) is 42.9 Å². The number of hydrogen-bond donors (Lipinski definition) is 2. The van der Waals surface area contributed by atoms with Gasteiger partial charge in [-0.25, -0.2) is 0 Å². The number of rotatable bonds is 3. The van der Waals surface area contributed by atoms with Crippen molar-refractivity contribution in [2.75, 3.05) is 13.2 Å². The number of carbonyl (C=O) groups is 1. The number of morpholine rings is 1. The molecule has 2 aliphatic rings. The van der Waals surface area contributed by atoms with Crippen molar-refractivity contribution in [1.82, 2.24) is 25.0 Å². The van der Waals surface area contributed by atoms with E-state index < -0.39 is 0 Å². The number of para-hydroxylation sites is 1. The van der Waals surface area contributed by atoms with Crippen LogP contribution in [-0.4, -0.2) is 51.6 Å². The van der Waals surface area contributed by atoms with Crippen molar-refractivity contribution in [3.05, 3.63) is 48.4 Å². The van der Waals surface area contributed by atoms with Crippen molar-refractivity contribution in [2.45, 2.75) is 31.0 Å². The molecule has 2 bridgehead atoms. The van der Waals surface area contributed by atoms with Gasteiger partial charge < -0.3 is 19.9 Å². The number of nitrogens with zero attached hydrogens (tertiary/aromatic N) is 3. The van der Waals surface area contributed by atoms with E-state index in [1.165, 1.54) is 0 Å². The van der Waals surface area contributed by atoms with Crippen LogP contribution in [0.4, 0.5) is 0 Å². The van der Waals surface area contributed by atoms with Crippen molar-refractivity contribution in [1.29, 1.82) is 0 Å². The Morgan fingerprint density at radius 2 is 2.00 bits per heavy atom. The van der Waals surface area contributed by atoms with E-state index in [1.807, 2.05) is 54.5 Å². The first-order chi connectivity index (χ1) is 13.2. The van der Waals surface area contributed by atoms with E-state index in [-0.39, 0.29) is 11.9 Å². The Labute approximate surface area is 157 Å². The van der Waals surface area contributed by atoms with E-state index in [4.69, 9.17) is 4.74 Å². The van der Waals surface area contributed by atoms with Crippen LogP contribution in [0.25, 0.3) is 16.6 Å². The van der Waals surface area contributed by atoms with Crippen molar-refractivity contribution >= 4 is 16.8 Å². The highest BCUT2D eigenvalue weighted by Gasteiger charge is 2.33. The minimum Gasteiger partial charge on any atom is -0.378 e. The fourth-order valence-electron chi connectivity index (χ4n) is 4.33. The average Bonchev–Trinajstić information content (AvgIpc) is 3.25. The third-order valence-electron chi connectivity index (χ3n) is 5.51. The molecule has 1 unspecified atom stereocenters. The van der Waals surface area contributed by atoms with Crippen LogP contribution in [0.2, 0.25) is 0 Å². The minimum absolute atomic E-state index is 0.0141. The van der Waals surface area contributed by atoms with Crippen LogP contribution in [0.5, 0.6) is 0 Å². The fraction of sp³-hybridized carbons (Fsp3) is 0.400. The predicted octanol–water partition coefficient (Wildman–Crippen LogP) is 1.61. The lowest BCUT2D eigenvalue weighted by molar-refractivity contribution is 0.0148. The highest BCUT2D eigenvalue weighted by atomic mass is 16.5. The number of hydrogen-bond acceptors (Lipinski definition) is 4. The molecule has 2 aliphatic heterocycles. The molecule has 0 spiro atoms. The standard InChI is InChI=1S/C20H23N5O2/c1-24-9-16(8-21-24)25-10-18(17-4-2-3-5-19(17)25)20(26)23-13-6-14-11-27-12-15(7-13)22-14/h2-5,8-10,13-15,22H,6-7,11-12H2,1H3,(H,23,26)/t13?,14-,15+. The summed E-state index contributed by atoms with van der Waals surface area (Å²) in [6.45, 7) is 1.45. The second-order valence-electron chi connectivity index (χ2n) is 7.54. The van der Waals surface area contributed by atoms with Crippen molar-refractivity contribution < 1.29 is 9.53 Å². The number of nitrogens with one attached hydrogen (secondary N) is 2. The molecule has 1 aromatic carbocycles. The number of aromatic nitrogens is 3. The second kappa shape index (κ2) is 6.51. The summed E-state index contributed by atoms with van der Waals surface area (Å²) in [6.07, 6.45) is 7.49. The van der Waals surface area contributed by atoms with E-state index in [0.29, 0.717) is 17.6 Å². The molecule has 2 saturated heterocycles. The first-order valence-electron chi connectivity index (χ1n) is 9.41. The van der Waals surface area contributed by atoms with E-state index in [1.54, 1.807) is 4.68 Å². The van der Waals surface area contributed by atoms with Crippen LogP contribution in [0, 0.1) is 0 Å². The molecule has 27 heavy (non-hydrogen) atoms. The van der Waals surface area contributed by atoms with Gasteiger partial charge in [0.2, 0.25) is 0 Å². The molecule has 0 aliphatic carbocycles. The van der Waals surface area contributed by atoms with Gasteiger partial charge in [0.15, 0.2) is 0 Å². The molecule has 2 N–H and O–H groups in total. The maximum Gasteiger partial charge on any atom is 0.253 e. The Balaban J connectivity index is 1.45. The molecular formula is C20H23N5O2. The van der Waals surface area contributed by atoms with E-state index in [9.17, 15) is 4.79 Å². The zero-order valence-corrected chi connectivity index (χ0v) is 15.3. The van der Waals surface area contributed by atoms with Gasteiger partial charge >= 0.3 is 0 Å². The van der Waals surface area contributed by atoms with Crippen molar-refractivity contribution in [3.8, 4) is 5.69 Å². The van der Waals surface area contributed by atoms with Crippen LogP contribution < -0.4 is 10.6 Å². The Bertz CT molecular complexity index is 979. The molecule has 0 saturated carbocycles. The first kappa shape index (κ1) is 16.5. The molecule has 2 aromatic heterocycles. The largest absolute Gasteiger partial charge is 0.378 e. The van der Waals surface area contributed by atoms with Crippen LogP contribution >= 0.6 is 0 Å². The highest BCUT2D eigenvalue weighted by molar-refractivity contribution is 6.07. The molecule has 3 aromatic rings. The lowest BCUT2D eigenvalue weighted by Gasteiger charge is -2.40. The van der Waals surface area contributed by atoms with Gasteiger partial charge in [-0.15, -0.1) is 0 Å². The Morgan fingerprint density at radius 3 is 2.74 bits per heavy atom. The van der Waals surface area contributed by atoms with E-state index >= 15 is 0 Å². The monoisotopic (exact) mass is 365 g/mol. The van der Waals surface area contributed by atoms with Gasteiger partial charge in [-0.3, -0.25) is 9.48 Å². The summed E-state index contributed by atoms with van der Waals surface area (Å²) in [7, 11) is 1.89. The molecule has 4 heterocycles. The van der Waals surface area contributed by atoms with Crippen LogP contribution in [0.3, 0.4) is 0 Å². The molecular weight excluding hydrogens is 342 g/mol. The van der Waals surface area contributed by atoms with Gasteiger partial charge in [0.05, 0.1) is 36.2 Å². The second-order valence-corrected chi connectivity index (χ2v) is 7.54. The Kier molecular flexibility index (Phi) is 3.98. The van der Waals surface area contributed by atoms with Gasteiger partial charge in [-0.1, -0.05) is 18.2 Å². The summed E-state index contributed by atoms with van der Waals surface area (Å²) >= 11 is 0. The van der Waals surface area contributed by atoms with Crippen molar-refractivity contribution in [3.63, 3.8) is 0 Å². The molecule has 1 amide bonds. The van der Waals surface area contributed by atoms with E-state index in [2.05, 4.69) is 15.7 Å². The fourth-order valence-corrected chi connectivity index (χ4v) is 4.33. The Morgan fingerprint density at radius 1 is 1.22 bits per heavy atom. The predicted molar refractivity (Wildman–Crippen MR) is 102 cm³/mol. The average molecular weight is 365 g/mol. The number of amides is 1. The summed E-state index contributed by atoms with van der Waals surface area (Å²) in [5, 5.41) is 12.0. The SMILES string of the molecule is Cn1cc(-n2cc(C(=O)NC3C[C@H]4COC[C@@H](C3)N4)c3ccccc32)cn1. The maximum absolute atomic E-state index is 13.1. The van der Waals surface area contributed by atoms with Crippen molar-refractivity contribution in [2.24, 2.45) is 7.05 Å². The molecule has 2 fully saturated rings. The molecule has 140 valence electrons. The number of aryl methyl sites for hydroxylation is 1. The maximum atomic E-state index is 13.1. The normalized spacial score (nSPS) is 24.9. The number of benzene rings is 1. The number of carbonyl (C=O) groups excluding carboxylic acids is 1.